The Morgan fingerprint density at radius 2 is 2.00 bits per heavy atom. The van der Waals surface area contributed by atoms with Crippen molar-refractivity contribution in [3.8, 4) is 0 Å². The van der Waals surface area contributed by atoms with Gasteiger partial charge in [-0.2, -0.15) is 0 Å². The van der Waals surface area contributed by atoms with Gasteiger partial charge in [-0.25, -0.2) is 4.98 Å². The minimum Gasteiger partial charge on any atom is -0.305 e. The molecule has 5 nitrogen and oxygen atoms in total. The van der Waals surface area contributed by atoms with Gasteiger partial charge in [0.1, 0.15) is 5.82 Å². The van der Waals surface area contributed by atoms with Crippen LogP contribution in [0.3, 0.4) is 0 Å². The van der Waals surface area contributed by atoms with Gasteiger partial charge >= 0.3 is 0 Å². The first kappa shape index (κ1) is 12.4. The molecular weight excluding hydrogens is 252 g/mol. The van der Waals surface area contributed by atoms with Crippen molar-refractivity contribution < 1.29 is 4.79 Å². The van der Waals surface area contributed by atoms with Gasteiger partial charge in [-0.15, -0.1) is 10.2 Å². The van der Waals surface area contributed by atoms with Crippen LogP contribution in [0.4, 0.5) is 5.82 Å². The Labute approximate surface area is 109 Å². The summed E-state index contributed by atoms with van der Waals surface area (Å²) in [5, 5.41) is 10.2. The maximum Gasteiger partial charge on any atom is 0.277 e. The van der Waals surface area contributed by atoms with Crippen LogP contribution in [-0.2, 0) is 0 Å². The second-order valence-corrected chi connectivity index (χ2v) is 4.25. The van der Waals surface area contributed by atoms with Crippen molar-refractivity contribution in [3.05, 3.63) is 46.4 Å². The summed E-state index contributed by atoms with van der Waals surface area (Å²) in [5.41, 5.74) is 2.06. The number of nitrogens with one attached hydrogen (secondary N) is 1. The second kappa shape index (κ2) is 5.10. The molecule has 0 saturated heterocycles. The van der Waals surface area contributed by atoms with E-state index in [-0.39, 0.29) is 16.8 Å². The average molecular weight is 263 g/mol. The van der Waals surface area contributed by atoms with Crippen molar-refractivity contribution >= 4 is 23.3 Å². The molecule has 0 aliphatic heterocycles. The van der Waals surface area contributed by atoms with Crippen LogP contribution in [0.25, 0.3) is 0 Å². The summed E-state index contributed by atoms with van der Waals surface area (Å²) < 4.78 is 0. The van der Waals surface area contributed by atoms with Gasteiger partial charge in [0.25, 0.3) is 5.91 Å². The Morgan fingerprint density at radius 1 is 1.22 bits per heavy atom. The molecule has 1 amide bonds. The maximum absolute atomic E-state index is 11.9. The summed E-state index contributed by atoms with van der Waals surface area (Å²) in [6.07, 6.45) is 0. The standard InChI is InChI=1S/C12H11ClN4O/c1-7-5-8(2)14-11(6-7)15-12(18)9-3-4-10(13)17-16-9/h3-6H,1-2H3,(H,14,15,18). The van der Waals surface area contributed by atoms with E-state index in [1.54, 1.807) is 6.07 Å². The molecule has 0 atom stereocenters. The third-order valence-electron chi connectivity index (χ3n) is 2.20. The lowest BCUT2D eigenvalue weighted by molar-refractivity contribution is 0.102. The predicted molar refractivity (Wildman–Crippen MR) is 68.7 cm³/mol. The summed E-state index contributed by atoms with van der Waals surface area (Å²) in [7, 11) is 0. The van der Waals surface area contributed by atoms with Crippen LogP contribution in [0.5, 0.6) is 0 Å². The normalized spacial score (nSPS) is 10.2. The Bertz CT molecular complexity index is 563. The van der Waals surface area contributed by atoms with E-state index in [0.29, 0.717) is 5.82 Å². The SMILES string of the molecule is Cc1cc(C)nc(NC(=O)c2ccc(Cl)nn2)c1. The van der Waals surface area contributed by atoms with E-state index in [4.69, 9.17) is 11.6 Å². The van der Waals surface area contributed by atoms with Crippen LogP contribution < -0.4 is 5.32 Å². The predicted octanol–water partition coefficient (Wildman–Crippen LogP) is 2.39. The zero-order chi connectivity index (χ0) is 13.1. The van der Waals surface area contributed by atoms with Crippen molar-refractivity contribution in [2.45, 2.75) is 13.8 Å². The zero-order valence-corrected chi connectivity index (χ0v) is 10.7. The number of amides is 1. The third-order valence-corrected chi connectivity index (χ3v) is 2.41. The summed E-state index contributed by atoms with van der Waals surface area (Å²) in [5.74, 6) is 0.130. The van der Waals surface area contributed by atoms with Gasteiger partial charge < -0.3 is 5.32 Å². The topological polar surface area (TPSA) is 67.8 Å². The molecule has 2 rings (SSSR count). The minimum absolute atomic E-state index is 0.195. The molecule has 92 valence electrons. The number of rotatable bonds is 2. The fourth-order valence-electron chi connectivity index (χ4n) is 1.52. The van der Waals surface area contributed by atoms with E-state index in [2.05, 4.69) is 20.5 Å². The lowest BCUT2D eigenvalue weighted by Gasteiger charge is -2.05. The first-order valence-electron chi connectivity index (χ1n) is 5.30. The van der Waals surface area contributed by atoms with Crippen molar-refractivity contribution in [2.75, 3.05) is 5.32 Å². The van der Waals surface area contributed by atoms with Crippen LogP contribution in [0.15, 0.2) is 24.3 Å². The Balaban J connectivity index is 2.18. The fourth-order valence-corrected chi connectivity index (χ4v) is 1.62. The van der Waals surface area contributed by atoms with Crippen LogP contribution in [0.2, 0.25) is 5.15 Å². The number of carbonyl (C=O) groups excluding carboxylic acids is 1. The van der Waals surface area contributed by atoms with Crippen LogP contribution in [0.1, 0.15) is 21.7 Å². The van der Waals surface area contributed by atoms with E-state index in [9.17, 15) is 4.79 Å². The Hall–Kier alpha value is -2.01. The average Bonchev–Trinajstić information content (AvgIpc) is 2.28. The fraction of sp³-hybridized carbons (Fsp3) is 0.167. The minimum atomic E-state index is -0.364. The summed E-state index contributed by atoms with van der Waals surface area (Å²) in [6.45, 7) is 3.80. The highest BCUT2D eigenvalue weighted by Gasteiger charge is 2.09. The van der Waals surface area contributed by atoms with Gasteiger partial charge in [-0.1, -0.05) is 11.6 Å². The van der Waals surface area contributed by atoms with Crippen molar-refractivity contribution in [1.29, 1.82) is 0 Å². The molecule has 0 unspecified atom stereocenters. The van der Waals surface area contributed by atoms with E-state index < -0.39 is 0 Å². The van der Waals surface area contributed by atoms with Gasteiger partial charge in [-0.05, 0) is 43.7 Å². The number of anilines is 1. The maximum atomic E-state index is 11.9. The molecule has 2 aromatic rings. The molecule has 0 aromatic carbocycles. The summed E-state index contributed by atoms with van der Waals surface area (Å²) in [6, 6.07) is 6.73. The quantitative estimate of drug-likeness (QED) is 0.902. The van der Waals surface area contributed by atoms with Gasteiger partial charge in [0.05, 0.1) is 0 Å². The van der Waals surface area contributed by atoms with E-state index in [1.165, 1.54) is 12.1 Å². The number of aromatic nitrogens is 3. The lowest BCUT2D eigenvalue weighted by Crippen LogP contribution is -2.15. The molecule has 0 fully saturated rings. The largest absolute Gasteiger partial charge is 0.305 e. The molecule has 2 heterocycles. The number of hydrogen-bond acceptors (Lipinski definition) is 4. The number of hydrogen-bond donors (Lipinski definition) is 1. The molecule has 6 heteroatoms. The van der Waals surface area contributed by atoms with Gasteiger partial charge in [0.15, 0.2) is 10.8 Å². The van der Waals surface area contributed by atoms with E-state index in [1.807, 2.05) is 19.9 Å². The highest BCUT2D eigenvalue weighted by atomic mass is 35.5. The Kier molecular flexibility index (Phi) is 3.53. The monoisotopic (exact) mass is 262 g/mol. The molecule has 0 bridgehead atoms. The molecule has 2 aromatic heterocycles. The molecule has 18 heavy (non-hydrogen) atoms. The number of nitrogens with zero attached hydrogens (tertiary/aromatic N) is 3. The molecule has 0 saturated carbocycles. The van der Waals surface area contributed by atoms with Gasteiger partial charge in [-0.3, -0.25) is 4.79 Å². The second-order valence-electron chi connectivity index (χ2n) is 3.87. The number of aryl methyl sites for hydroxylation is 2. The molecule has 0 aliphatic rings. The number of halogens is 1. The van der Waals surface area contributed by atoms with Crippen molar-refractivity contribution in [1.82, 2.24) is 15.2 Å². The number of carbonyl (C=O) groups is 1. The van der Waals surface area contributed by atoms with E-state index >= 15 is 0 Å². The smallest absolute Gasteiger partial charge is 0.277 e. The molecule has 0 aliphatic carbocycles. The highest BCUT2D eigenvalue weighted by molar-refractivity contribution is 6.29. The van der Waals surface area contributed by atoms with Gasteiger partial charge in [0, 0.05) is 5.69 Å². The molecule has 0 spiro atoms. The molecular formula is C12H11ClN4O. The third kappa shape index (κ3) is 3.01. The van der Waals surface area contributed by atoms with E-state index in [0.717, 1.165) is 11.3 Å². The van der Waals surface area contributed by atoms with Crippen LogP contribution in [0, 0.1) is 13.8 Å². The van der Waals surface area contributed by atoms with Crippen LogP contribution in [-0.4, -0.2) is 21.1 Å². The van der Waals surface area contributed by atoms with Gasteiger partial charge in [0.2, 0.25) is 0 Å². The van der Waals surface area contributed by atoms with Crippen molar-refractivity contribution in [3.63, 3.8) is 0 Å². The lowest BCUT2D eigenvalue weighted by atomic mass is 10.2. The first-order chi connectivity index (χ1) is 8.54. The zero-order valence-electron chi connectivity index (χ0n) is 9.94. The first-order valence-corrected chi connectivity index (χ1v) is 5.68. The summed E-state index contributed by atoms with van der Waals surface area (Å²) >= 11 is 5.60. The van der Waals surface area contributed by atoms with Crippen molar-refractivity contribution in [2.24, 2.45) is 0 Å². The highest BCUT2D eigenvalue weighted by Crippen LogP contribution is 2.10. The Morgan fingerprint density at radius 3 is 2.61 bits per heavy atom. The molecule has 0 radical (unpaired) electrons. The summed E-state index contributed by atoms with van der Waals surface area (Å²) in [4.78, 5) is 16.1. The van der Waals surface area contributed by atoms with Crippen LogP contribution >= 0.6 is 11.6 Å². The molecule has 1 N–H and O–H groups in total. The number of pyridine rings is 1.